The zero-order valence-electron chi connectivity index (χ0n) is 9.42. The summed E-state index contributed by atoms with van der Waals surface area (Å²) in [5.74, 6) is 0.201. The van der Waals surface area contributed by atoms with Crippen LogP contribution in [0.2, 0.25) is 0 Å². The molecule has 0 spiro atoms. The van der Waals surface area contributed by atoms with Crippen molar-refractivity contribution in [2.24, 2.45) is 5.73 Å². The molecule has 2 aromatic rings. The molecule has 3 nitrogen and oxygen atoms in total. The van der Waals surface area contributed by atoms with Gasteiger partial charge in [0.2, 0.25) is 0 Å². The Labute approximate surface area is 104 Å². The summed E-state index contributed by atoms with van der Waals surface area (Å²) in [5.41, 5.74) is 8.12. The van der Waals surface area contributed by atoms with Gasteiger partial charge in [-0.3, -0.25) is 4.79 Å². The van der Waals surface area contributed by atoms with Crippen LogP contribution in [-0.4, -0.2) is 5.97 Å². The standard InChI is InChI=1S/C13H13NO2S/c1-9(15)16-12-4-2-3-10(7-12)13(14)11-5-6-17-8-11/h2-8,13H,14H2,1H3/t13-/m1/s1. The number of rotatable bonds is 3. The highest BCUT2D eigenvalue weighted by Gasteiger charge is 2.10. The molecule has 2 N–H and O–H groups in total. The fraction of sp³-hybridized carbons (Fsp3) is 0.154. The SMILES string of the molecule is CC(=O)Oc1cccc([C@@H](N)c2ccsc2)c1. The molecule has 1 heterocycles. The average Bonchev–Trinajstić information content (AvgIpc) is 2.81. The zero-order chi connectivity index (χ0) is 12.3. The van der Waals surface area contributed by atoms with Crippen LogP contribution < -0.4 is 10.5 Å². The molecule has 0 aliphatic carbocycles. The Morgan fingerprint density at radius 3 is 2.82 bits per heavy atom. The van der Waals surface area contributed by atoms with E-state index in [0.717, 1.165) is 11.1 Å². The van der Waals surface area contributed by atoms with Gasteiger partial charge >= 0.3 is 5.97 Å². The van der Waals surface area contributed by atoms with Crippen LogP contribution in [0, 0.1) is 0 Å². The molecular formula is C13H13NO2S. The Bertz CT molecular complexity index is 508. The second kappa shape index (κ2) is 5.12. The molecule has 0 bridgehead atoms. The van der Waals surface area contributed by atoms with E-state index in [1.54, 1.807) is 23.5 Å². The summed E-state index contributed by atoms with van der Waals surface area (Å²) in [6.45, 7) is 1.38. The van der Waals surface area contributed by atoms with Crippen molar-refractivity contribution >= 4 is 17.3 Å². The molecular weight excluding hydrogens is 234 g/mol. The second-order valence-electron chi connectivity index (χ2n) is 3.70. The molecule has 17 heavy (non-hydrogen) atoms. The maximum absolute atomic E-state index is 10.9. The van der Waals surface area contributed by atoms with Gasteiger partial charge in [0.15, 0.2) is 0 Å². The Morgan fingerprint density at radius 1 is 1.35 bits per heavy atom. The summed E-state index contributed by atoms with van der Waals surface area (Å²) in [4.78, 5) is 10.9. The molecule has 1 atom stereocenters. The first-order valence-corrected chi connectivity index (χ1v) is 6.17. The quantitative estimate of drug-likeness (QED) is 0.670. The lowest BCUT2D eigenvalue weighted by atomic mass is 10.0. The minimum Gasteiger partial charge on any atom is -0.427 e. The summed E-state index contributed by atoms with van der Waals surface area (Å²) in [6.07, 6.45) is 0. The lowest BCUT2D eigenvalue weighted by Gasteiger charge is -2.11. The fourth-order valence-electron chi connectivity index (χ4n) is 1.58. The van der Waals surface area contributed by atoms with Crippen molar-refractivity contribution in [3.8, 4) is 5.75 Å². The number of hydrogen-bond donors (Lipinski definition) is 1. The zero-order valence-corrected chi connectivity index (χ0v) is 10.2. The van der Waals surface area contributed by atoms with Crippen molar-refractivity contribution in [3.05, 3.63) is 52.2 Å². The molecule has 0 unspecified atom stereocenters. The molecule has 0 aliphatic rings. The van der Waals surface area contributed by atoms with Gasteiger partial charge in [0.05, 0.1) is 6.04 Å². The highest BCUT2D eigenvalue weighted by atomic mass is 32.1. The van der Waals surface area contributed by atoms with Crippen LogP contribution in [0.1, 0.15) is 24.1 Å². The number of carbonyl (C=O) groups is 1. The molecule has 4 heteroatoms. The lowest BCUT2D eigenvalue weighted by Crippen LogP contribution is -2.11. The van der Waals surface area contributed by atoms with Crippen LogP contribution in [0.4, 0.5) is 0 Å². The summed E-state index contributed by atoms with van der Waals surface area (Å²) in [7, 11) is 0. The van der Waals surface area contributed by atoms with Gasteiger partial charge in [-0.2, -0.15) is 11.3 Å². The van der Waals surface area contributed by atoms with Gasteiger partial charge in [-0.15, -0.1) is 0 Å². The van der Waals surface area contributed by atoms with Crippen LogP contribution in [0.3, 0.4) is 0 Å². The van der Waals surface area contributed by atoms with Crippen molar-refractivity contribution in [2.75, 3.05) is 0 Å². The van der Waals surface area contributed by atoms with E-state index >= 15 is 0 Å². The van der Waals surface area contributed by atoms with Gasteiger partial charge in [-0.05, 0) is 40.1 Å². The van der Waals surface area contributed by atoms with Gasteiger partial charge in [0, 0.05) is 6.92 Å². The highest BCUT2D eigenvalue weighted by molar-refractivity contribution is 7.08. The summed E-state index contributed by atoms with van der Waals surface area (Å²) in [5, 5.41) is 4.01. The van der Waals surface area contributed by atoms with Crippen molar-refractivity contribution in [1.29, 1.82) is 0 Å². The van der Waals surface area contributed by atoms with E-state index < -0.39 is 0 Å². The third-order valence-corrected chi connectivity index (χ3v) is 3.08. The number of carbonyl (C=O) groups excluding carboxylic acids is 1. The van der Waals surface area contributed by atoms with Crippen molar-refractivity contribution in [3.63, 3.8) is 0 Å². The van der Waals surface area contributed by atoms with Crippen LogP contribution in [0.5, 0.6) is 5.75 Å². The lowest BCUT2D eigenvalue weighted by molar-refractivity contribution is -0.131. The summed E-state index contributed by atoms with van der Waals surface area (Å²) >= 11 is 1.61. The Hall–Kier alpha value is -1.65. The third-order valence-electron chi connectivity index (χ3n) is 2.38. The van der Waals surface area contributed by atoms with Gasteiger partial charge in [-0.1, -0.05) is 12.1 Å². The van der Waals surface area contributed by atoms with Gasteiger partial charge in [0.25, 0.3) is 0 Å². The number of nitrogens with two attached hydrogens (primary N) is 1. The minimum absolute atomic E-state index is 0.184. The Kier molecular flexibility index (Phi) is 3.56. The normalized spacial score (nSPS) is 12.1. The van der Waals surface area contributed by atoms with Crippen LogP contribution in [0.25, 0.3) is 0 Å². The van der Waals surface area contributed by atoms with E-state index in [-0.39, 0.29) is 12.0 Å². The van der Waals surface area contributed by atoms with Gasteiger partial charge in [-0.25, -0.2) is 0 Å². The summed E-state index contributed by atoms with van der Waals surface area (Å²) in [6, 6.07) is 9.11. The molecule has 0 saturated heterocycles. The molecule has 1 aromatic carbocycles. The molecule has 0 radical (unpaired) electrons. The largest absolute Gasteiger partial charge is 0.427 e. The number of esters is 1. The smallest absolute Gasteiger partial charge is 0.308 e. The highest BCUT2D eigenvalue weighted by Crippen LogP contribution is 2.24. The average molecular weight is 247 g/mol. The Morgan fingerprint density at radius 2 is 2.18 bits per heavy atom. The van der Waals surface area contributed by atoms with E-state index in [1.165, 1.54) is 6.92 Å². The maximum atomic E-state index is 10.9. The number of benzene rings is 1. The van der Waals surface area contributed by atoms with Crippen molar-refractivity contribution in [1.82, 2.24) is 0 Å². The summed E-state index contributed by atoms with van der Waals surface area (Å²) < 4.78 is 5.03. The first-order valence-electron chi connectivity index (χ1n) is 5.23. The van der Waals surface area contributed by atoms with E-state index in [9.17, 15) is 4.79 Å². The topological polar surface area (TPSA) is 52.3 Å². The van der Waals surface area contributed by atoms with Gasteiger partial charge < -0.3 is 10.5 Å². The van der Waals surface area contributed by atoms with E-state index in [4.69, 9.17) is 10.5 Å². The molecule has 2 rings (SSSR count). The fourth-order valence-corrected chi connectivity index (χ4v) is 2.28. The van der Waals surface area contributed by atoms with E-state index in [1.807, 2.05) is 29.0 Å². The Balaban J connectivity index is 2.24. The predicted molar refractivity (Wildman–Crippen MR) is 68.1 cm³/mol. The predicted octanol–water partition coefficient (Wildman–Crippen LogP) is 2.72. The number of thiophene rings is 1. The molecule has 0 aliphatic heterocycles. The molecule has 0 amide bonds. The molecule has 0 fully saturated rings. The maximum Gasteiger partial charge on any atom is 0.308 e. The van der Waals surface area contributed by atoms with E-state index in [2.05, 4.69) is 0 Å². The molecule has 88 valence electrons. The molecule has 0 saturated carbocycles. The third kappa shape index (κ3) is 2.93. The van der Waals surface area contributed by atoms with Crippen molar-refractivity contribution in [2.45, 2.75) is 13.0 Å². The van der Waals surface area contributed by atoms with E-state index in [0.29, 0.717) is 5.75 Å². The van der Waals surface area contributed by atoms with Crippen LogP contribution in [0.15, 0.2) is 41.1 Å². The van der Waals surface area contributed by atoms with Crippen LogP contribution >= 0.6 is 11.3 Å². The van der Waals surface area contributed by atoms with Crippen LogP contribution in [-0.2, 0) is 4.79 Å². The van der Waals surface area contributed by atoms with Gasteiger partial charge in [0.1, 0.15) is 5.75 Å². The number of hydrogen-bond acceptors (Lipinski definition) is 4. The van der Waals surface area contributed by atoms with Crippen molar-refractivity contribution < 1.29 is 9.53 Å². The first-order chi connectivity index (χ1) is 8.16. The minimum atomic E-state index is -0.328. The molecule has 1 aromatic heterocycles. The second-order valence-corrected chi connectivity index (χ2v) is 4.48. The monoisotopic (exact) mass is 247 g/mol. The number of ether oxygens (including phenoxy) is 1. The first kappa shape index (κ1) is 11.8.